The maximum atomic E-state index is 4.08. The lowest BCUT2D eigenvalue weighted by atomic mass is 10.4. The second kappa shape index (κ2) is 3.46. The zero-order valence-corrected chi connectivity index (χ0v) is 8.25. The SMILES string of the molecule is Cc1nnc(CNCC2CC2)n1C. The number of rotatable bonds is 4. The third-order valence-electron chi connectivity index (χ3n) is 2.60. The average molecular weight is 180 g/mol. The van der Waals surface area contributed by atoms with E-state index in [2.05, 4.69) is 15.5 Å². The van der Waals surface area contributed by atoms with Crippen molar-refractivity contribution in [1.82, 2.24) is 20.1 Å². The van der Waals surface area contributed by atoms with E-state index < -0.39 is 0 Å². The second-order valence-corrected chi connectivity index (χ2v) is 3.80. The van der Waals surface area contributed by atoms with Gasteiger partial charge in [0.2, 0.25) is 0 Å². The Kier molecular flexibility index (Phi) is 2.31. The third-order valence-corrected chi connectivity index (χ3v) is 2.60. The summed E-state index contributed by atoms with van der Waals surface area (Å²) >= 11 is 0. The quantitative estimate of drug-likeness (QED) is 0.738. The molecule has 0 aromatic carbocycles. The number of aryl methyl sites for hydroxylation is 1. The first-order valence-electron chi connectivity index (χ1n) is 4.83. The molecule has 4 nitrogen and oxygen atoms in total. The zero-order valence-electron chi connectivity index (χ0n) is 8.25. The highest BCUT2D eigenvalue weighted by atomic mass is 15.3. The number of hydrogen-bond donors (Lipinski definition) is 1. The highest BCUT2D eigenvalue weighted by Gasteiger charge is 2.20. The third kappa shape index (κ3) is 2.06. The van der Waals surface area contributed by atoms with Crippen LogP contribution in [0.5, 0.6) is 0 Å². The lowest BCUT2D eigenvalue weighted by molar-refractivity contribution is 0.601. The van der Waals surface area contributed by atoms with Crippen LogP contribution in [0, 0.1) is 12.8 Å². The Bertz CT molecular complexity index is 288. The van der Waals surface area contributed by atoms with E-state index in [9.17, 15) is 0 Å². The molecule has 0 bridgehead atoms. The Labute approximate surface area is 78.4 Å². The van der Waals surface area contributed by atoms with Crippen molar-refractivity contribution in [3.8, 4) is 0 Å². The van der Waals surface area contributed by atoms with Crippen LogP contribution in [0.4, 0.5) is 0 Å². The van der Waals surface area contributed by atoms with Gasteiger partial charge in [0.15, 0.2) is 0 Å². The molecule has 0 atom stereocenters. The highest BCUT2D eigenvalue weighted by molar-refractivity contribution is 4.92. The van der Waals surface area contributed by atoms with Crippen LogP contribution in [0.15, 0.2) is 0 Å². The maximum absolute atomic E-state index is 4.08. The van der Waals surface area contributed by atoms with E-state index in [0.717, 1.165) is 30.7 Å². The molecule has 0 spiro atoms. The van der Waals surface area contributed by atoms with Gasteiger partial charge in [-0.2, -0.15) is 0 Å². The summed E-state index contributed by atoms with van der Waals surface area (Å²) in [5, 5.41) is 11.5. The number of aromatic nitrogens is 3. The van der Waals surface area contributed by atoms with Gasteiger partial charge in [0.1, 0.15) is 11.6 Å². The van der Waals surface area contributed by atoms with E-state index in [1.54, 1.807) is 0 Å². The first-order valence-corrected chi connectivity index (χ1v) is 4.83. The van der Waals surface area contributed by atoms with Crippen molar-refractivity contribution in [2.75, 3.05) is 6.54 Å². The molecule has 0 aliphatic heterocycles. The monoisotopic (exact) mass is 180 g/mol. The van der Waals surface area contributed by atoms with Crippen molar-refractivity contribution < 1.29 is 0 Å². The Morgan fingerprint density at radius 1 is 1.46 bits per heavy atom. The first kappa shape index (κ1) is 8.69. The standard InChI is InChI=1S/C9H16N4/c1-7-11-12-9(13(7)2)6-10-5-8-3-4-8/h8,10H,3-6H2,1-2H3. The molecule has 1 aromatic rings. The van der Waals surface area contributed by atoms with Crippen molar-refractivity contribution in [2.24, 2.45) is 13.0 Å². The first-order chi connectivity index (χ1) is 6.27. The summed E-state index contributed by atoms with van der Waals surface area (Å²) < 4.78 is 2.03. The zero-order chi connectivity index (χ0) is 9.26. The lowest BCUT2D eigenvalue weighted by Gasteiger charge is -2.02. The van der Waals surface area contributed by atoms with Crippen LogP contribution in [0.2, 0.25) is 0 Å². The minimum atomic E-state index is 0.841. The highest BCUT2D eigenvalue weighted by Crippen LogP contribution is 2.27. The summed E-state index contributed by atoms with van der Waals surface area (Å²) in [5.41, 5.74) is 0. The molecule has 2 rings (SSSR count). The van der Waals surface area contributed by atoms with Gasteiger partial charge in [-0.3, -0.25) is 0 Å². The molecule has 13 heavy (non-hydrogen) atoms. The maximum Gasteiger partial charge on any atom is 0.146 e. The van der Waals surface area contributed by atoms with Crippen LogP contribution in [0.3, 0.4) is 0 Å². The Morgan fingerprint density at radius 3 is 2.77 bits per heavy atom. The summed E-state index contributed by atoms with van der Waals surface area (Å²) in [6, 6.07) is 0. The molecule has 1 N–H and O–H groups in total. The molecular formula is C9H16N4. The van der Waals surface area contributed by atoms with E-state index in [1.807, 2.05) is 18.5 Å². The smallest absolute Gasteiger partial charge is 0.146 e. The van der Waals surface area contributed by atoms with Crippen LogP contribution >= 0.6 is 0 Å². The van der Waals surface area contributed by atoms with Crippen LogP contribution in [-0.2, 0) is 13.6 Å². The summed E-state index contributed by atoms with van der Waals surface area (Å²) in [6.07, 6.45) is 2.79. The van der Waals surface area contributed by atoms with Crippen molar-refractivity contribution >= 4 is 0 Å². The fourth-order valence-corrected chi connectivity index (χ4v) is 1.32. The molecular weight excluding hydrogens is 164 g/mol. The van der Waals surface area contributed by atoms with E-state index in [0.29, 0.717) is 0 Å². The summed E-state index contributed by atoms with van der Waals surface area (Å²) in [5.74, 6) is 2.93. The minimum absolute atomic E-state index is 0.841. The molecule has 72 valence electrons. The van der Waals surface area contributed by atoms with Gasteiger partial charge < -0.3 is 9.88 Å². The van der Waals surface area contributed by atoms with Crippen LogP contribution < -0.4 is 5.32 Å². The number of nitrogens with zero attached hydrogens (tertiary/aromatic N) is 3. The molecule has 0 unspecified atom stereocenters. The Balaban J connectivity index is 1.82. The number of hydrogen-bond acceptors (Lipinski definition) is 3. The molecule has 0 amide bonds. The molecule has 1 saturated carbocycles. The van der Waals surface area contributed by atoms with E-state index in [4.69, 9.17) is 0 Å². The fraction of sp³-hybridized carbons (Fsp3) is 0.778. The largest absolute Gasteiger partial charge is 0.317 e. The predicted octanol–water partition coefficient (Wildman–Crippen LogP) is 0.623. The predicted molar refractivity (Wildman–Crippen MR) is 50.2 cm³/mol. The number of nitrogens with one attached hydrogen (secondary N) is 1. The summed E-state index contributed by atoms with van der Waals surface area (Å²) in [4.78, 5) is 0. The molecule has 1 heterocycles. The van der Waals surface area contributed by atoms with Gasteiger partial charge in [0.25, 0.3) is 0 Å². The van der Waals surface area contributed by atoms with Crippen molar-refractivity contribution in [3.05, 3.63) is 11.6 Å². The minimum Gasteiger partial charge on any atom is -0.317 e. The molecule has 1 aliphatic rings. The average Bonchev–Trinajstić information content (AvgIpc) is 2.88. The Morgan fingerprint density at radius 2 is 2.23 bits per heavy atom. The molecule has 1 fully saturated rings. The fourth-order valence-electron chi connectivity index (χ4n) is 1.32. The van der Waals surface area contributed by atoms with Crippen molar-refractivity contribution in [1.29, 1.82) is 0 Å². The molecule has 1 aliphatic carbocycles. The molecule has 0 radical (unpaired) electrons. The normalized spacial score (nSPS) is 16.5. The van der Waals surface area contributed by atoms with E-state index >= 15 is 0 Å². The van der Waals surface area contributed by atoms with Gasteiger partial charge in [-0.1, -0.05) is 0 Å². The summed E-state index contributed by atoms with van der Waals surface area (Å²) in [6.45, 7) is 3.94. The lowest BCUT2D eigenvalue weighted by Crippen LogP contribution is -2.18. The van der Waals surface area contributed by atoms with Gasteiger partial charge in [0.05, 0.1) is 6.54 Å². The van der Waals surface area contributed by atoms with Crippen molar-refractivity contribution in [2.45, 2.75) is 26.3 Å². The van der Waals surface area contributed by atoms with Gasteiger partial charge in [-0.05, 0) is 32.2 Å². The van der Waals surface area contributed by atoms with Crippen molar-refractivity contribution in [3.63, 3.8) is 0 Å². The molecule has 0 saturated heterocycles. The van der Waals surface area contributed by atoms with Gasteiger partial charge in [0, 0.05) is 7.05 Å². The van der Waals surface area contributed by atoms with Gasteiger partial charge >= 0.3 is 0 Å². The van der Waals surface area contributed by atoms with Gasteiger partial charge in [-0.25, -0.2) is 0 Å². The van der Waals surface area contributed by atoms with Gasteiger partial charge in [-0.15, -0.1) is 10.2 Å². The van der Waals surface area contributed by atoms with Crippen LogP contribution in [-0.4, -0.2) is 21.3 Å². The van der Waals surface area contributed by atoms with Crippen LogP contribution in [0.25, 0.3) is 0 Å². The van der Waals surface area contributed by atoms with E-state index in [1.165, 1.54) is 12.8 Å². The summed E-state index contributed by atoms with van der Waals surface area (Å²) in [7, 11) is 2.00. The van der Waals surface area contributed by atoms with Crippen LogP contribution in [0.1, 0.15) is 24.5 Å². The second-order valence-electron chi connectivity index (χ2n) is 3.80. The Hall–Kier alpha value is -0.900. The topological polar surface area (TPSA) is 42.7 Å². The molecule has 1 aromatic heterocycles. The van der Waals surface area contributed by atoms with E-state index in [-0.39, 0.29) is 0 Å². The molecule has 4 heteroatoms.